The first kappa shape index (κ1) is 17.0. The highest BCUT2D eigenvalue weighted by Gasteiger charge is 2.26. The third kappa shape index (κ3) is 3.67. The maximum absolute atomic E-state index is 12.9. The average molecular weight is 341 g/mol. The van der Waals surface area contributed by atoms with Crippen LogP contribution >= 0.6 is 23.1 Å². The molecule has 0 aliphatic heterocycles. The first-order valence-electron chi connectivity index (χ1n) is 6.83. The Labute approximate surface area is 137 Å². The number of thiophene rings is 1. The number of halogens is 2. The van der Waals surface area contributed by atoms with E-state index in [2.05, 4.69) is 0 Å². The summed E-state index contributed by atoms with van der Waals surface area (Å²) in [6.45, 7) is 5.76. The van der Waals surface area contributed by atoms with E-state index in [1.54, 1.807) is 16.3 Å². The molecule has 6 heteroatoms. The molecule has 0 spiro atoms. The highest BCUT2D eigenvalue weighted by molar-refractivity contribution is 7.99. The summed E-state index contributed by atoms with van der Waals surface area (Å²) in [5, 5.41) is 1.67. The quantitative estimate of drug-likeness (QED) is 0.676. The minimum Gasteiger partial charge on any atom is -0.305 e. The average Bonchev–Trinajstić information content (AvgIpc) is 2.88. The lowest BCUT2D eigenvalue weighted by Crippen LogP contribution is -2.37. The number of anilines is 1. The fourth-order valence-corrected chi connectivity index (χ4v) is 3.84. The minimum atomic E-state index is -2.54. The van der Waals surface area contributed by atoms with Gasteiger partial charge in [0.15, 0.2) is 0 Å². The number of hydrogen-bond donors (Lipinski definition) is 0. The molecular weight excluding hydrogens is 324 g/mol. The van der Waals surface area contributed by atoms with Crippen LogP contribution in [0.5, 0.6) is 0 Å². The molecule has 1 amide bonds. The Hall–Kier alpha value is -1.40. The predicted octanol–water partition coefficient (Wildman–Crippen LogP) is 5.43. The number of aryl methyl sites for hydroxylation is 1. The van der Waals surface area contributed by atoms with Gasteiger partial charge >= 0.3 is 0 Å². The lowest BCUT2D eigenvalue weighted by atomic mass is 10.1. The van der Waals surface area contributed by atoms with E-state index in [4.69, 9.17) is 0 Å². The summed E-state index contributed by atoms with van der Waals surface area (Å²) in [6, 6.07) is 9.09. The summed E-state index contributed by atoms with van der Waals surface area (Å²) in [6.07, 6.45) is 0. The van der Waals surface area contributed by atoms with Crippen LogP contribution in [0.3, 0.4) is 0 Å². The van der Waals surface area contributed by atoms with Gasteiger partial charge in [-0.15, -0.1) is 11.3 Å². The maximum atomic E-state index is 12.9. The molecule has 0 fully saturated rings. The van der Waals surface area contributed by atoms with Gasteiger partial charge in [-0.05, 0) is 43.8 Å². The molecule has 0 aliphatic carbocycles. The summed E-state index contributed by atoms with van der Waals surface area (Å²) in [5.74, 6) is -2.77. The second kappa shape index (κ2) is 7.24. The minimum absolute atomic E-state index is 0.0694. The van der Waals surface area contributed by atoms with E-state index in [1.165, 1.54) is 11.3 Å². The summed E-state index contributed by atoms with van der Waals surface area (Å²) in [7, 11) is 0. The summed E-state index contributed by atoms with van der Waals surface area (Å²) in [4.78, 5) is 15.2. The molecule has 0 saturated heterocycles. The monoisotopic (exact) mass is 341 g/mol. The van der Waals surface area contributed by atoms with Crippen LogP contribution in [0.25, 0.3) is 0 Å². The number of carbonyl (C=O) groups excluding carboxylic acids is 1. The lowest BCUT2D eigenvalue weighted by molar-refractivity contribution is 0.0981. The van der Waals surface area contributed by atoms with Crippen LogP contribution in [0.2, 0.25) is 0 Å². The van der Waals surface area contributed by atoms with Gasteiger partial charge in [0.05, 0.1) is 0 Å². The molecule has 2 nitrogen and oxygen atoms in total. The van der Waals surface area contributed by atoms with E-state index in [0.29, 0.717) is 21.5 Å². The van der Waals surface area contributed by atoms with Crippen molar-refractivity contribution in [1.82, 2.24) is 0 Å². The SMILES string of the molecule is Cc1ccccc1N(C(=O)c1sccc1SC(F)F)C(C)C. The second-order valence-corrected chi connectivity index (χ2v) is 7.00. The Morgan fingerprint density at radius 3 is 2.50 bits per heavy atom. The van der Waals surface area contributed by atoms with Crippen molar-refractivity contribution in [3.63, 3.8) is 0 Å². The fraction of sp³-hybridized carbons (Fsp3) is 0.312. The molecule has 1 aromatic heterocycles. The third-order valence-corrected chi connectivity index (χ3v) is 4.95. The Kier molecular flexibility index (Phi) is 5.58. The maximum Gasteiger partial charge on any atom is 0.288 e. The van der Waals surface area contributed by atoms with Gasteiger partial charge in [0.2, 0.25) is 0 Å². The molecule has 0 unspecified atom stereocenters. The van der Waals surface area contributed by atoms with Crippen LogP contribution in [0.1, 0.15) is 29.1 Å². The van der Waals surface area contributed by atoms with Crippen molar-refractivity contribution in [1.29, 1.82) is 0 Å². The number of benzene rings is 1. The van der Waals surface area contributed by atoms with Crippen molar-refractivity contribution in [2.75, 3.05) is 4.90 Å². The molecular formula is C16H17F2NOS2. The van der Waals surface area contributed by atoms with E-state index in [1.807, 2.05) is 45.0 Å². The normalized spacial score (nSPS) is 11.2. The highest BCUT2D eigenvalue weighted by Crippen LogP contribution is 2.34. The Morgan fingerprint density at radius 1 is 1.23 bits per heavy atom. The van der Waals surface area contributed by atoms with Crippen molar-refractivity contribution >= 4 is 34.7 Å². The van der Waals surface area contributed by atoms with Gasteiger partial charge in [0.1, 0.15) is 4.88 Å². The molecule has 118 valence electrons. The van der Waals surface area contributed by atoms with E-state index in [9.17, 15) is 13.6 Å². The molecule has 22 heavy (non-hydrogen) atoms. The van der Waals surface area contributed by atoms with Crippen LogP contribution < -0.4 is 4.90 Å². The third-order valence-electron chi connectivity index (χ3n) is 3.15. The second-order valence-electron chi connectivity index (χ2n) is 5.05. The molecule has 0 bridgehead atoms. The molecule has 1 heterocycles. The number of amides is 1. The van der Waals surface area contributed by atoms with Crippen LogP contribution in [-0.4, -0.2) is 17.7 Å². The van der Waals surface area contributed by atoms with Gasteiger partial charge < -0.3 is 4.90 Å². The first-order chi connectivity index (χ1) is 10.4. The van der Waals surface area contributed by atoms with Gasteiger partial charge in [-0.25, -0.2) is 0 Å². The largest absolute Gasteiger partial charge is 0.305 e. The highest BCUT2D eigenvalue weighted by atomic mass is 32.2. The van der Waals surface area contributed by atoms with Gasteiger partial charge in [-0.1, -0.05) is 30.0 Å². The Balaban J connectivity index is 2.40. The molecule has 0 N–H and O–H groups in total. The standard InChI is InChI=1S/C16H17F2NOS2/c1-10(2)19(12-7-5-4-6-11(12)3)15(20)14-13(8-9-21-14)22-16(17)18/h4-10,16H,1-3H3. The van der Waals surface area contributed by atoms with E-state index in [0.717, 1.165) is 11.3 Å². The van der Waals surface area contributed by atoms with Crippen molar-refractivity contribution in [2.45, 2.75) is 37.5 Å². The number of thioether (sulfide) groups is 1. The Bertz CT molecular complexity index is 655. The Morgan fingerprint density at radius 2 is 1.91 bits per heavy atom. The van der Waals surface area contributed by atoms with Crippen molar-refractivity contribution in [3.05, 3.63) is 46.2 Å². The van der Waals surface area contributed by atoms with Crippen LogP contribution in [0.15, 0.2) is 40.6 Å². The summed E-state index contributed by atoms with van der Waals surface area (Å²) >= 11 is 1.62. The van der Waals surface area contributed by atoms with Crippen LogP contribution in [-0.2, 0) is 0 Å². The smallest absolute Gasteiger partial charge is 0.288 e. The van der Waals surface area contributed by atoms with Gasteiger partial charge in [-0.3, -0.25) is 4.79 Å². The number of rotatable bonds is 5. The number of para-hydroxylation sites is 1. The zero-order chi connectivity index (χ0) is 16.3. The topological polar surface area (TPSA) is 20.3 Å². The van der Waals surface area contributed by atoms with Crippen molar-refractivity contribution in [2.24, 2.45) is 0 Å². The van der Waals surface area contributed by atoms with Crippen LogP contribution in [0, 0.1) is 6.92 Å². The molecule has 1 aromatic carbocycles. The fourth-order valence-electron chi connectivity index (χ4n) is 2.21. The van der Waals surface area contributed by atoms with E-state index >= 15 is 0 Å². The number of nitrogens with zero attached hydrogens (tertiary/aromatic N) is 1. The van der Waals surface area contributed by atoms with Gasteiger partial charge in [-0.2, -0.15) is 8.78 Å². The van der Waals surface area contributed by atoms with Gasteiger partial charge in [0.25, 0.3) is 11.7 Å². The first-order valence-corrected chi connectivity index (χ1v) is 8.59. The molecule has 2 rings (SSSR count). The molecule has 0 saturated carbocycles. The summed E-state index contributed by atoms with van der Waals surface area (Å²) in [5.41, 5.74) is 1.79. The molecule has 0 atom stereocenters. The zero-order valence-electron chi connectivity index (χ0n) is 12.5. The molecule has 2 aromatic rings. The molecule has 0 radical (unpaired) electrons. The van der Waals surface area contributed by atoms with E-state index in [-0.39, 0.29) is 11.9 Å². The van der Waals surface area contributed by atoms with Crippen molar-refractivity contribution < 1.29 is 13.6 Å². The van der Waals surface area contributed by atoms with Crippen LogP contribution in [0.4, 0.5) is 14.5 Å². The summed E-state index contributed by atoms with van der Waals surface area (Å²) < 4.78 is 25.3. The predicted molar refractivity (Wildman–Crippen MR) is 89.3 cm³/mol. The number of alkyl halides is 2. The lowest BCUT2D eigenvalue weighted by Gasteiger charge is -2.28. The molecule has 0 aliphatic rings. The van der Waals surface area contributed by atoms with Gasteiger partial charge in [0, 0.05) is 16.6 Å². The van der Waals surface area contributed by atoms with Crippen molar-refractivity contribution in [3.8, 4) is 0 Å². The number of carbonyl (C=O) groups is 1. The zero-order valence-corrected chi connectivity index (χ0v) is 14.2. The van der Waals surface area contributed by atoms with E-state index < -0.39 is 5.76 Å². The number of hydrogen-bond acceptors (Lipinski definition) is 3.